The fraction of sp³-hybridized carbons (Fsp3) is 0.296. The quantitative estimate of drug-likeness (QED) is 0.411. The second kappa shape index (κ2) is 9.06. The summed E-state index contributed by atoms with van der Waals surface area (Å²) in [6.45, 7) is 11.7. The molecule has 34 heavy (non-hydrogen) atoms. The van der Waals surface area contributed by atoms with Crippen molar-refractivity contribution in [2.75, 3.05) is 11.4 Å². The molecule has 176 valence electrons. The van der Waals surface area contributed by atoms with Crippen LogP contribution < -0.4 is 10.2 Å². The van der Waals surface area contributed by atoms with Crippen LogP contribution in [-0.2, 0) is 4.79 Å². The Morgan fingerprint density at radius 2 is 1.74 bits per heavy atom. The molecule has 0 aliphatic heterocycles. The van der Waals surface area contributed by atoms with Crippen LogP contribution in [0.25, 0.3) is 15.9 Å². The van der Waals surface area contributed by atoms with Crippen LogP contribution in [0.1, 0.15) is 47.3 Å². The highest BCUT2D eigenvalue weighted by molar-refractivity contribution is 7.20. The molecule has 7 heteroatoms. The highest BCUT2D eigenvalue weighted by Gasteiger charge is 2.27. The van der Waals surface area contributed by atoms with Gasteiger partial charge in [0.25, 0.3) is 5.91 Å². The van der Waals surface area contributed by atoms with Crippen molar-refractivity contribution < 1.29 is 9.59 Å². The van der Waals surface area contributed by atoms with E-state index in [1.165, 1.54) is 11.3 Å². The predicted octanol–water partition coefficient (Wildman–Crippen LogP) is 5.57. The van der Waals surface area contributed by atoms with Crippen LogP contribution in [0, 0.1) is 20.8 Å². The summed E-state index contributed by atoms with van der Waals surface area (Å²) in [5.41, 5.74) is 4.20. The van der Waals surface area contributed by atoms with E-state index >= 15 is 0 Å². The number of thiophene rings is 1. The first kappa shape index (κ1) is 23.7. The zero-order valence-corrected chi connectivity index (χ0v) is 21.3. The molecule has 6 nitrogen and oxygen atoms in total. The summed E-state index contributed by atoms with van der Waals surface area (Å²) >= 11 is 1.40. The number of fused-ring (bicyclic) bond motifs is 1. The van der Waals surface area contributed by atoms with E-state index in [0.29, 0.717) is 4.88 Å². The van der Waals surface area contributed by atoms with Gasteiger partial charge in [-0.05, 0) is 76.9 Å². The maximum atomic E-state index is 13.9. The van der Waals surface area contributed by atoms with Gasteiger partial charge in [0.15, 0.2) is 0 Å². The van der Waals surface area contributed by atoms with E-state index in [-0.39, 0.29) is 23.9 Å². The number of benzene rings is 2. The van der Waals surface area contributed by atoms with Crippen LogP contribution in [0.5, 0.6) is 0 Å². The number of carbonyl (C=O) groups excluding carboxylic acids is 2. The number of aryl methyl sites for hydroxylation is 2. The third-order valence-corrected chi connectivity index (χ3v) is 6.78. The second-order valence-electron chi connectivity index (χ2n) is 9.57. The van der Waals surface area contributed by atoms with Crippen molar-refractivity contribution >= 4 is 39.1 Å². The topological polar surface area (TPSA) is 67.2 Å². The molecule has 0 saturated heterocycles. The van der Waals surface area contributed by atoms with Gasteiger partial charge in [-0.3, -0.25) is 14.5 Å². The third-order valence-electron chi connectivity index (χ3n) is 5.68. The van der Waals surface area contributed by atoms with Crippen molar-refractivity contribution in [2.24, 2.45) is 0 Å². The van der Waals surface area contributed by atoms with Gasteiger partial charge in [0.1, 0.15) is 11.4 Å². The van der Waals surface area contributed by atoms with Crippen LogP contribution in [0.3, 0.4) is 0 Å². The molecule has 0 bridgehead atoms. The Morgan fingerprint density at radius 1 is 1.03 bits per heavy atom. The monoisotopic (exact) mass is 474 g/mol. The summed E-state index contributed by atoms with van der Waals surface area (Å²) in [5.74, 6) is -0.396. The normalized spacial score (nSPS) is 11.6. The fourth-order valence-electron chi connectivity index (χ4n) is 3.93. The van der Waals surface area contributed by atoms with Crippen molar-refractivity contribution in [2.45, 2.75) is 47.1 Å². The number of carbonyl (C=O) groups is 2. The number of hydrogen-bond donors (Lipinski definition) is 1. The van der Waals surface area contributed by atoms with Crippen LogP contribution in [0.15, 0.2) is 54.6 Å². The Bertz CT molecular complexity index is 1360. The molecule has 0 saturated carbocycles. The molecule has 2 amide bonds. The molecule has 0 unspecified atom stereocenters. The lowest BCUT2D eigenvalue weighted by atomic mass is 10.1. The summed E-state index contributed by atoms with van der Waals surface area (Å²) in [4.78, 5) is 29.8. The van der Waals surface area contributed by atoms with Crippen LogP contribution in [0.4, 0.5) is 5.69 Å². The van der Waals surface area contributed by atoms with Crippen LogP contribution >= 0.6 is 11.3 Å². The molecule has 0 fully saturated rings. The van der Waals surface area contributed by atoms with Crippen molar-refractivity contribution in [3.8, 4) is 5.69 Å². The maximum Gasteiger partial charge on any atom is 0.268 e. The smallest absolute Gasteiger partial charge is 0.268 e. The molecular formula is C27H30N4O2S. The molecule has 2 heterocycles. The molecule has 0 spiro atoms. The standard InChI is InChI=1S/C27H30N4O2S/c1-17-11-10-14-22(18(17)2)30(16-24(32)28-27(4,5)6)25(33)23-15-21-19(3)29-31(26(21)34-23)20-12-8-7-9-13-20/h7-15H,16H2,1-6H3,(H,28,32). The lowest BCUT2D eigenvalue weighted by Gasteiger charge is -2.27. The Hall–Kier alpha value is -3.45. The van der Waals surface area contributed by atoms with Gasteiger partial charge in [0.2, 0.25) is 5.91 Å². The summed E-state index contributed by atoms with van der Waals surface area (Å²) in [6, 6.07) is 17.6. The summed E-state index contributed by atoms with van der Waals surface area (Å²) in [5, 5.41) is 8.60. The molecule has 2 aromatic heterocycles. The van der Waals surface area contributed by atoms with Crippen molar-refractivity contribution in [1.29, 1.82) is 0 Å². The van der Waals surface area contributed by atoms with Gasteiger partial charge in [0, 0.05) is 16.6 Å². The zero-order chi connectivity index (χ0) is 24.6. The first-order chi connectivity index (χ1) is 16.0. The Kier molecular flexibility index (Phi) is 6.32. The third kappa shape index (κ3) is 4.75. The first-order valence-corrected chi connectivity index (χ1v) is 12.1. The van der Waals surface area contributed by atoms with Crippen molar-refractivity contribution in [3.05, 3.63) is 76.3 Å². The molecule has 0 aliphatic carbocycles. The number of amides is 2. The highest BCUT2D eigenvalue weighted by atomic mass is 32.1. The van der Waals surface area contributed by atoms with Crippen LogP contribution in [0.2, 0.25) is 0 Å². The van der Waals surface area contributed by atoms with Gasteiger partial charge in [-0.15, -0.1) is 11.3 Å². The van der Waals surface area contributed by atoms with Gasteiger partial charge in [-0.2, -0.15) is 5.10 Å². The van der Waals surface area contributed by atoms with Gasteiger partial charge in [-0.1, -0.05) is 30.3 Å². The number of nitrogens with zero attached hydrogens (tertiary/aromatic N) is 3. The molecule has 0 aliphatic rings. The van der Waals surface area contributed by atoms with E-state index in [0.717, 1.165) is 38.4 Å². The second-order valence-corrected chi connectivity index (χ2v) is 10.6. The first-order valence-electron chi connectivity index (χ1n) is 11.3. The van der Waals surface area contributed by atoms with E-state index in [4.69, 9.17) is 0 Å². The Balaban J connectivity index is 1.77. The number of rotatable bonds is 5. The zero-order valence-electron chi connectivity index (χ0n) is 20.5. The average Bonchev–Trinajstić information content (AvgIpc) is 3.34. The van der Waals surface area contributed by atoms with E-state index in [1.807, 2.05) is 101 Å². The number of para-hydroxylation sites is 1. The molecule has 0 atom stereocenters. The van der Waals surface area contributed by atoms with Gasteiger partial charge in [-0.25, -0.2) is 4.68 Å². The SMILES string of the molecule is Cc1cccc(N(CC(=O)NC(C)(C)C)C(=O)c2cc3c(C)nn(-c4ccccc4)c3s2)c1C. The maximum absolute atomic E-state index is 13.9. The van der Waals surface area contributed by atoms with E-state index in [1.54, 1.807) is 4.90 Å². The van der Waals surface area contributed by atoms with Crippen LogP contribution in [-0.4, -0.2) is 33.7 Å². The minimum Gasteiger partial charge on any atom is -0.350 e. The molecule has 1 N–H and O–H groups in total. The number of nitrogens with one attached hydrogen (secondary N) is 1. The Morgan fingerprint density at radius 3 is 2.41 bits per heavy atom. The highest BCUT2D eigenvalue weighted by Crippen LogP contribution is 2.33. The molecule has 0 radical (unpaired) electrons. The number of hydrogen-bond acceptors (Lipinski definition) is 4. The summed E-state index contributed by atoms with van der Waals surface area (Å²) < 4.78 is 1.88. The largest absolute Gasteiger partial charge is 0.350 e. The van der Waals surface area contributed by atoms with Gasteiger partial charge >= 0.3 is 0 Å². The van der Waals surface area contributed by atoms with E-state index in [2.05, 4.69) is 10.4 Å². The Labute approximate surface area is 204 Å². The lowest BCUT2D eigenvalue weighted by molar-refractivity contribution is -0.121. The van der Waals surface area contributed by atoms with E-state index in [9.17, 15) is 9.59 Å². The minimum absolute atomic E-state index is 0.0571. The molecular weight excluding hydrogens is 444 g/mol. The molecule has 4 rings (SSSR count). The van der Waals surface area contributed by atoms with Gasteiger partial charge < -0.3 is 5.32 Å². The van der Waals surface area contributed by atoms with Gasteiger partial charge in [0.05, 0.1) is 16.3 Å². The van der Waals surface area contributed by atoms with Crippen molar-refractivity contribution in [1.82, 2.24) is 15.1 Å². The number of aromatic nitrogens is 2. The molecule has 4 aromatic rings. The lowest BCUT2D eigenvalue weighted by Crippen LogP contribution is -2.47. The summed E-state index contributed by atoms with van der Waals surface area (Å²) in [6.07, 6.45) is 0. The van der Waals surface area contributed by atoms with Crippen molar-refractivity contribution in [3.63, 3.8) is 0 Å². The number of anilines is 1. The summed E-state index contributed by atoms with van der Waals surface area (Å²) in [7, 11) is 0. The minimum atomic E-state index is -0.388. The van der Waals surface area contributed by atoms with E-state index < -0.39 is 0 Å². The fourth-order valence-corrected chi connectivity index (χ4v) is 5.06. The average molecular weight is 475 g/mol. The predicted molar refractivity (Wildman–Crippen MR) is 139 cm³/mol. The molecule has 2 aromatic carbocycles.